The fourth-order valence-corrected chi connectivity index (χ4v) is 1.46. The van der Waals surface area contributed by atoms with Crippen LogP contribution in [0.4, 0.5) is 0 Å². The van der Waals surface area contributed by atoms with Gasteiger partial charge < -0.3 is 4.57 Å². The van der Waals surface area contributed by atoms with Crippen LogP contribution in [0.2, 0.25) is 0 Å². The van der Waals surface area contributed by atoms with E-state index in [4.69, 9.17) is 1.37 Å². The van der Waals surface area contributed by atoms with Crippen LogP contribution in [-0.4, -0.2) is 4.57 Å². The van der Waals surface area contributed by atoms with Crippen LogP contribution in [0.5, 0.6) is 0 Å². The van der Waals surface area contributed by atoms with Gasteiger partial charge in [0.1, 0.15) is 0 Å². The molecule has 0 saturated heterocycles. The van der Waals surface area contributed by atoms with Gasteiger partial charge in [0.05, 0.1) is 1.37 Å². The molecule has 65 valence electrons. The summed E-state index contributed by atoms with van der Waals surface area (Å²) < 4.78 is 9.96. The van der Waals surface area contributed by atoms with Crippen molar-refractivity contribution in [1.29, 1.82) is 0 Å². The molecule has 1 heterocycles. The SMILES string of the molecule is [3H]c1c(C)n(C)c2c[c-]cc(C)c12.[Y]. The molecule has 1 aromatic heterocycles. The normalized spacial score (nSPS) is 11.2. The van der Waals surface area contributed by atoms with Crippen molar-refractivity contribution >= 4 is 10.9 Å². The zero-order valence-electron chi connectivity index (χ0n) is 9.18. The van der Waals surface area contributed by atoms with Crippen LogP contribution in [0.1, 0.15) is 12.6 Å². The van der Waals surface area contributed by atoms with E-state index < -0.39 is 0 Å². The van der Waals surface area contributed by atoms with Gasteiger partial charge in [-0.15, -0.1) is 10.9 Å². The Morgan fingerprint density at radius 3 is 2.69 bits per heavy atom. The van der Waals surface area contributed by atoms with Crippen molar-refractivity contribution in [3.8, 4) is 0 Å². The average Bonchev–Trinajstić information content (AvgIpc) is 2.33. The van der Waals surface area contributed by atoms with Crippen molar-refractivity contribution in [3.05, 3.63) is 35.5 Å². The topological polar surface area (TPSA) is 4.93 Å². The predicted molar refractivity (Wildman–Crippen MR) is 51.2 cm³/mol. The van der Waals surface area contributed by atoms with E-state index >= 15 is 0 Å². The minimum absolute atomic E-state index is 0. The van der Waals surface area contributed by atoms with Crippen LogP contribution in [0.15, 0.2) is 18.2 Å². The van der Waals surface area contributed by atoms with Crippen LogP contribution in [0.25, 0.3) is 10.9 Å². The van der Waals surface area contributed by atoms with Crippen molar-refractivity contribution in [2.45, 2.75) is 13.8 Å². The molecule has 0 aliphatic carbocycles. The minimum atomic E-state index is 0. The molecular formula is C11H12NY-. The zero-order chi connectivity index (χ0) is 9.59. The molecule has 0 unspecified atom stereocenters. The van der Waals surface area contributed by atoms with Crippen molar-refractivity contribution in [2.75, 3.05) is 0 Å². The van der Waals surface area contributed by atoms with Crippen LogP contribution < -0.4 is 0 Å². The maximum atomic E-state index is 7.92. The first-order valence-corrected chi connectivity index (χ1v) is 4.05. The Bertz CT molecular complexity index is 474. The van der Waals surface area contributed by atoms with Gasteiger partial charge in [-0.1, -0.05) is 18.5 Å². The third kappa shape index (κ3) is 1.73. The minimum Gasteiger partial charge on any atom is -0.401 e. The molecule has 0 fully saturated rings. The second kappa shape index (κ2) is 3.93. The summed E-state index contributed by atoms with van der Waals surface area (Å²) in [5, 5.41) is 1.05. The molecule has 2 heteroatoms. The van der Waals surface area contributed by atoms with Crippen molar-refractivity contribution in [1.82, 2.24) is 4.57 Å². The van der Waals surface area contributed by atoms with Gasteiger partial charge in [0.2, 0.25) is 0 Å². The summed E-state index contributed by atoms with van der Waals surface area (Å²) in [6, 6.07) is 7.59. The van der Waals surface area contributed by atoms with E-state index in [1.54, 1.807) is 0 Å². The van der Waals surface area contributed by atoms with Gasteiger partial charge in [-0.05, 0) is 14.0 Å². The Morgan fingerprint density at radius 2 is 2.08 bits per heavy atom. The number of nitrogens with zero attached hydrogens (tertiary/aromatic N) is 1. The third-order valence-corrected chi connectivity index (χ3v) is 2.34. The van der Waals surface area contributed by atoms with E-state index in [9.17, 15) is 0 Å². The van der Waals surface area contributed by atoms with Gasteiger partial charge in [0.25, 0.3) is 0 Å². The van der Waals surface area contributed by atoms with Gasteiger partial charge in [-0.3, -0.25) is 0 Å². The van der Waals surface area contributed by atoms with Gasteiger partial charge in [-0.25, -0.2) is 0 Å². The van der Waals surface area contributed by atoms with E-state index in [1.807, 2.05) is 37.6 Å². The molecule has 0 N–H and O–H groups in total. The van der Waals surface area contributed by atoms with Gasteiger partial charge >= 0.3 is 0 Å². The number of rotatable bonds is 0. The molecule has 2 rings (SSSR count). The summed E-state index contributed by atoms with van der Waals surface area (Å²) in [5.74, 6) is 0. The van der Waals surface area contributed by atoms with Crippen molar-refractivity contribution in [2.24, 2.45) is 7.05 Å². The number of hydrogen-bond acceptors (Lipinski definition) is 0. The second-order valence-corrected chi connectivity index (χ2v) is 3.17. The Hall–Kier alpha value is -0.136. The summed E-state index contributed by atoms with van der Waals surface area (Å²) in [4.78, 5) is 0. The fourth-order valence-electron chi connectivity index (χ4n) is 1.46. The van der Waals surface area contributed by atoms with E-state index in [1.165, 1.54) is 0 Å². The van der Waals surface area contributed by atoms with Crippen molar-refractivity contribution < 1.29 is 34.1 Å². The second-order valence-electron chi connectivity index (χ2n) is 3.17. The Kier molecular flexibility index (Phi) is 2.85. The maximum absolute atomic E-state index is 7.92. The summed E-state index contributed by atoms with van der Waals surface area (Å²) in [5.41, 5.74) is 3.24. The zero-order valence-corrected chi connectivity index (χ0v) is 11.0. The Morgan fingerprint density at radius 1 is 1.38 bits per heavy atom. The smallest absolute Gasteiger partial charge is 0.0626 e. The first kappa shape index (κ1) is 9.42. The molecule has 0 amide bonds. The maximum Gasteiger partial charge on any atom is 0.0626 e. The standard InChI is InChI=1S/C11H12N.Y/c1-8-5-4-6-11-10(8)7-9(2)12(11)3;/h5-7H,1-3H3;/q-1;/i7T;. The molecule has 1 radical (unpaired) electrons. The summed E-state index contributed by atoms with van der Waals surface area (Å²) in [6.07, 6.45) is 0. The summed E-state index contributed by atoms with van der Waals surface area (Å²) in [7, 11) is 1.99. The van der Waals surface area contributed by atoms with Crippen molar-refractivity contribution in [3.63, 3.8) is 0 Å². The number of hydrogen-bond donors (Lipinski definition) is 0. The van der Waals surface area contributed by atoms with E-state index in [2.05, 4.69) is 6.07 Å². The first-order valence-electron chi connectivity index (χ1n) is 4.55. The van der Waals surface area contributed by atoms with E-state index in [-0.39, 0.29) is 32.7 Å². The number of aryl methyl sites for hydroxylation is 2. The number of fused-ring (bicyclic) bond motifs is 1. The molecule has 2 aromatic rings. The molecule has 0 aliphatic heterocycles. The number of benzene rings is 1. The van der Waals surface area contributed by atoms with E-state index in [0.29, 0.717) is 6.04 Å². The van der Waals surface area contributed by atoms with Gasteiger partial charge in [0, 0.05) is 38.4 Å². The van der Waals surface area contributed by atoms with Crippen LogP contribution in [-0.2, 0) is 39.8 Å². The molecule has 1 nitrogen and oxygen atoms in total. The van der Waals surface area contributed by atoms with Crippen LogP contribution >= 0.6 is 0 Å². The van der Waals surface area contributed by atoms with Gasteiger partial charge in [-0.2, -0.15) is 18.2 Å². The molecule has 0 atom stereocenters. The monoisotopic (exact) mass is 249 g/mol. The Balaban J connectivity index is 0.000000980. The molecule has 1 aromatic carbocycles. The Labute approximate surface area is 105 Å². The van der Waals surface area contributed by atoms with Crippen LogP contribution in [0.3, 0.4) is 0 Å². The molecule has 0 bridgehead atoms. The largest absolute Gasteiger partial charge is 0.401 e. The predicted octanol–water partition coefficient (Wildman–Crippen LogP) is 2.59. The fraction of sp³-hybridized carbons (Fsp3) is 0.273. The van der Waals surface area contributed by atoms with Gasteiger partial charge in [0.15, 0.2) is 0 Å². The summed E-state index contributed by atoms with van der Waals surface area (Å²) >= 11 is 0. The number of aromatic nitrogens is 1. The quantitative estimate of drug-likeness (QED) is 0.632. The first-order chi connectivity index (χ1) is 6.13. The average molecular weight is 249 g/mol. The van der Waals surface area contributed by atoms with E-state index in [0.717, 1.165) is 22.2 Å². The molecule has 0 aliphatic rings. The van der Waals surface area contributed by atoms with Crippen LogP contribution in [0, 0.1) is 19.9 Å². The molecular weight excluding hydrogens is 235 g/mol. The molecule has 0 spiro atoms. The molecule has 0 saturated carbocycles. The third-order valence-electron chi connectivity index (χ3n) is 2.34. The molecule has 13 heavy (non-hydrogen) atoms. The summed E-state index contributed by atoms with van der Waals surface area (Å²) in [6.45, 7) is 4.00.